The lowest BCUT2D eigenvalue weighted by molar-refractivity contribution is 0.185. The van der Waals surface area contributed by atoms with Gasteiger partial charge in [-0.3, -0.25) is 0 Å². The predicted molar refractivity (Wildman–Crippen MR) is 151 cm³/mol. The maximum absolute atomic E-state index is 2.70. The molecule has 2 aliphatic carbocycles. The van der Waals surface area contributed by atoms with Crippen molar-refractivity contribution in [3.05, 3.63) is 102 Å². The molecular weight excluding hydrogens is 427 g/mol. The van der Waals surface area contributed by atoms with Gasteiger partial charge in [-0.05, 0) is 84.3 Å². The number of hydrogen-bond acceptors (Lipinski definition) is 0. The molecule has 2 aliphatic rings. The Kier molecular flexibility index (Phi) is 7.36. The van der Waals surface area contributed by atoms with Crippen LogP contribution in [0.5, 0.6) is 0 Å². The summed E-state index contributed by atoms with van der Waals surface area (Å²) < 4.78 is 0. The van der Waals surface area contributed by atoms with Gasteiger partial charge in [0.15, 0.2) is 0 Å². The zero-order chi connectivity index (χ0) is 23.5. The van der Waals surface area contributed by atoms with Crippen molar-refractivity contribution in [2.75, 3.05) is 6.16 Å². The second-order valence-corrected chi connectivity index (χ2v) is 13.2. The topological polar surface area (TPSA) is 0 Å². The van der Waals surface area contributed by atoms with Gasteiger partial charge in [-0.2, -0.15) is 0 Å². The lowest BCUT2D eigenvalue weighted by Crippen LogP contribution is -2.28. The van der Waals surface area contributed by atoms with Crippen LogP contribution in [0, 0.1) is 23.7 Å². The van der Waals surface area contributed by atoms with Crippen molar-refractivity contribution >= 4 is 24.1 Å². The largest absolute Gasteiger partial charge is 0.0729 e. The Labute approximate surface area is 208 Å². The molecule has 3 aromatic rings. The third-order valence-electron chi connectivity index (χ3n) is 8.27. The second-order valence-electron chi connectivity index (χ2n) is 10.9. The summed E-state index contributed by atoms with van der Waals surface area (Å²) >= 11 is 0. The van der Waals surface area contributed by atoms with Crippen LogP contribution >= 0.6 is 7.92 Å². The van der Waals surface area contributed by atoms with E-state index < -0.39 is 0 Å². The van der Waals surface area contributed by atoms with Crippen LogP contribution in [0.1, 0.15) is 63.5 Å². The molecule has 0 radical (unpaired) electrons. The van der Waals surface area contributed by atoms with Crippen LogP contribution in [0.4, 0.5) is 0 Å². The highest BCUT2D eigenvalue weighted by molar-refractivity contribution is 7.73. The Bertz CT molecular complexity index is 1060. The van der Waals surface area contributed by atoms with Crippen LogP contribution in [0.25, 0.3) is 5.57 Å². The summed E-state index contributed by atoms with van der Waals surface area (Å²) in [6.07, 6.45) is 9.31. The molecule has 3 aromatic carbocycles. The quantitative estimate of drug-likeness (QED) is 0.307. The molecule has 34 heavy (non-hydrogen) atoms. The van der Waals surface area contributed by atoms with Gasteiger partial charge in [0.1, 0.15) is 0 Å². The van der Waals surface area contributed by atoms with E-state index in [-0.39, 0.29) is 7.92 Å². The van der Waals surface area contributed by atoms with Gasteiger partial charge < -0.3 is 0 Å². The first-order valence-electron chi connectivity index (χ1n) is 13.3. The van der Waals surface area contributed by atoms with Gasteiger partial charge in [0, 0.05) is 5.92 Å². The van der Waals surface area contributed by atoms with Crippen molar-refractivity contribution in [3.63, 3.8) is 0 Å². The van der Waals surface area contributed by atoms with Crippen molar-refractivity contribution in [3.8, 4) is 0 Å². The highest BCUT2D eigenvalue weighted by Crippen LogP contribution is 2.51. The van der Waals surface area contributed by atoms with Crippen molar-refractivity contribution in [2.24, 2.45) is 23.7 Å². The summed E-state index contributed by atoms with van der Waals surface area (Å²) in [6.45, 7) is 7.36. The fourth-order valence-corrected chi connectivity index (χ4v) is 8.91. The van der Waals surface area contributed by atoms with E-state index in [1.54, 1.807) is 16.7 Å². The molecule has 1 unspecified atom stereocenters. The zero-order valence-corrected chi connectivity index (χ0v) is 21.9. The number of benzene rings is 3. The molecule has 0 N–H and O–H groups in total. The fourth-order valence-electron chi connectivity index (χ4n) is 6.49. The summed E-state index contributed by atoms with van der Waals surface area (Å²) in [5.74, 6) is 3.69. The Morgan fingerprint density at radius 2 is 1.41 bits per heavy atom. The van der Waals surface area contributed by atoms with Gasteiger partial charge in [0.25, 0.3) is 0 Å². The first kappa shape index (κ1) is 23.6. The van der Waals surface area contributed by atoms with Gasteiger partial charge in [-0.15, -0.1) is 0 Å². The van der Waals surface area contributed by atoms with E-state index >= 15 is 0 Å². The smallest absolute Gasteiger partial charge is 0.00337 e. The molecule has 5 rings (SSSR count). The number of fused-ring (bicyclic) bond motifs is 1. The van der Waals surface area contributed by atoms with Crippen LogP contribution in [-0.4, -0.2) is 6.16 Å². The Hall–Kier alpha value is -2.17. The molecule has 0 aliphatic heterocycles. The average Bonchev–Trinajstić information content (AvgIpc) is 3.24. The van der Waals surface area contributed by atoms with E-state index in [2.05, 4.69) is 112 Å². The highest BCUT2D eigenvalue weighted by atomic mass is 31.1. The van der Waals surface area contributed by atoms with Gasteiger partial charge in [-0.25, -0.2) is 0 Å². The van der Waals surface area contributed by atoms with Crippen molar-refractivity contribution < 1.29 is 0 Å². The first-order chi connectivity index (χ1) is 16.6. The maximum atomic E-state index is 2.70. The Balaban J connectivity index is 1.43. The summed E-state index contributed by atoms with van der Waals surface area (Å²) in [7, 11) is -0.341. The van der Waals surface area contributed by atoms with Crippen LogP contribution in [-0.2, 0) is 0 Å². The zero-order valence-electron chi connectivity index (χ0n) is 21.0. The monoisotopic (exact) mass is 466 g/mol. The number of allylic oxidation sites excluding steroid dienone is 2. The van der Waals surface area contributed by atoms with Crippen LogP contribution in [0.15, 0.2) is 91.0 Å². The summed E-state index contributed by atoms with van der Waals surface area (Å²) in [5, 5.41) is 3.00. The summed E-state index contributed by atoms with van der Waals surface area (Å²) in [4.78, 5) is 0. The van der Waals surface area contributed by atoms with E-state index in [9.17, 15) is 0 Å². The molecule has 1 heteroatoms. The minimum absolute atomic E-state index is 0.341. The second kappa shape index (κ2) is 10.6. The standard InChI is InChI=1S/C33H39P/c1-24(2)29-19-18-25(3)22-32(29)33-23-26(30-16-10-11-17-31(30)33)20-21-34(27-12-6-4-7-13-27)28-14-8-5-9-15-28/h4-17,23-26,29,32H,18-22H2,1-3H3/t25-,26?,29+,32+/m1/s1. The first-order valence-corrected chi connectivity index (χ1v) is 14.8. The molecule has 0 spiro atoms. The van der Waals surface area contributed by atoms with Crippen molar-refractivity contribution in [1.29, 1.82) is 0 Å². The van der Waals surface area contributed by atoms with Gasteiger partial charge >= 0.3 is 0 Å². The molecular formula is C33H39P. The van der Waals surface area contributed by atoms with E-state index in [1.165, 1.54) is 42.5 Å². The highest BCUT2D eigenvalue weighted by Gasteiger charge is 2.37. The minimum atomic E-state index is -0.341. The lowest BCUT2D eigenvalue weighted by atomic mass is 9.66. The summed E-state index contributed by atoms with van der Waals surface area (Å²) in [6, 6.07) is 31.7. The van der Waals surface area contributed by atoms with Crippen LogP contribution < -0.4 is 10.6 Å². The molecule has 176 valence electrons. The summed E-state index contributed by atoms with van der Waals surface area (Å²) in [5.41, 5.74) is 4.81. The number of rotatable bonds is 7. The molecule has 0 heterocycles. The lowest BCUT2D eigenvalue weighted by Gasteiger charge is -2.38. The molecule has 0 aromatic heterocycles. The van der Waals surface area contributed by atoms with E-state index in [4.69, 9.17) is 0 Å². The van der Waals surface area contributed by atoms with Gasteiger partial charge in [0.05, 0.1) is 0 Å². The SMILES string of the molecule is CC(C)[C@@H]1CC[C@@H](C)C[C@@H]1C1=CC(CCP(c2ccccc2)c2ccccc2)c2ccccc21. The number of hydrogen-bond donors (Lipinski definition) is 0. The van der Waals surface area contributed by atoms with E-state index in [0.717, 1.165) is 23.7 Å². The van der Waals surface area contributed by atoms with E-state index in [0.29, 0.717) is 5.92 Å². The molecule has 4 atom stereocenters. The molecule has 1 saturated carbocycles. The van der Waals surface area contributed by atoms with E-state index in [1.807, 2.05) is 0 Å². The van der Waals surface area contributed by atoms with Crippen molar-refractivity contribution in [2.45, 2.75) is 52.4 Å². The van der Waals surface area contributed by atoms with Crippen molar-refractivity contribution in [1.82, 2.24) is 0 Å². The average molecular weight is 467 g/mol. The van der Waals surface area contributed by atoms with Crippen LogP contribution in [0.3, 0.4) is 0 Å². The Morgan fingerprint density at radius 3 is 2.06 bits per heavy atom. The normalized spacial score (nSPS) is 24.3. The third-order valence-corrected chi connectivity index (χ3v) is 10.8. The molecule has 0 bridgehead atoms. The van der Waals surface area contributed by atoms with Crippen LogP contribution in [0.2, 0.25) is 0 Å². The maximum Gasteiger partial charge on any atom is 0.00337 e. The minimum Gasteiger partial charge on any atom is -0.0729 e. The molecule has 0 saturated heterocycles. The molecule has 1 fully saturated rings. The van der Waals surface area contributed by atoms with Gasteiger partial charge in [-0.1, -0.05) is 118 Å². The Morgan fingerprint density at radius 1 is 0.794 bits per heavy atom. The third kappa shape index (κ3) is 4.94. The predicted octanol–water partition coefficient (Wildman–Crippen LogP) is 8.40. The molecule has 0 nitrogen and oxygen atoms in total. The van der Waals surface area contributed by atoms with Gasteiger partial charge in [0.2, 0.25) is 0 Å². The fraction of sp³-hybridized carbons (Fsp3) is 0.394. The molecule has 0 amide bonds.